The summed E-state index contributed by atoms with van der Waals surface area (Å²) in [6.07, 6.45) is -4.07. The van der Waals surface area contributed by atoms with E-state index in [-0.39, 0.29) is 30.9 Å². The predicted octanol–water partition coefficient (Wildman–Crippen LogP) is 4.64. The normalized spacial score (nSPS) is 19.4. The van der Waals surface area contributed by atoms with Gasteiger partial charge in [0.1, 0.15) is 0 Å². The smallest absolute Gasteiger partial charge is 0.385 e. The first-order valence-corrected chi connectivity index (χ1v) is 11.9. The Bertz CT molecular complexity index is 1010. The molecule has 2 heterocycles. The molecule has 2 aromatic rings. The number of aliphatic hydroxyl groups is 1. The van der Waals surface area contributed by atoms with Crippen LogP contribution >= 0.6 is 23.2 Å². The van der Waals surface area contributed by atoms with Crippen LogP contribution in [0.5, 0.6) is 0 Å². The van der Waals surface area contributed by atoms with Gasteiger partial charge in [0, 0.05) is 55.0 Å². The zero-order valence-corrected chi connectivity index (χ0v) is 20.0. The lowest BCUT2D eigenvalue weighted by atomic mass is 9.83. The third-order valence-electron chi connectivity index (χ3n) is 6.61. The first-order valence-electron chi connectivity index (χ1n) is 11.1. The predicted molar refractivity (Wildman–Crippen MR) is 126 cm³/mol. The molecule has 0 spiro atoms. The number of alkyl halides is 3. The van der Waals surface area contributed by atoms with Crippen LogP contribution in [0.2, 0.25) is 10.0 Å². The van der Waals surface area contributed by atoms with E-state index in [1.807, 2.05) is 12.1 Å². The average Bonchev–Trinajstić information content (AvgIpc) is 2.79. The van der Waals surface area contributed by atoms with E-state index in [1.54, 1.807) is 11.0 Å². The summed E-state index contributed by atoms with van der Waals surface area (Å²) in [6.45, 7) is 3.75. The second-order valence-corrected chi connectivity index (χ2v) is 9.75. The molecule has 10 heteroatoms. The maximum Gasteiger partial charge on any atom is 0.416 e. The fourth-order valence-electron chi connectivity index (χ4n) is 4.58. The lowest BCUT2D eigenvalue weighted by Gasteiger charge is -2.40. The van der Waals surface area contributed by atoms with Crippen molar-refractivity contribution in [1.82, 2.24) is 9.80 Å². The number of hydrogen-bond acceptors (Lipinski definition) is 4. The highest BCUT2D eigenvalue weighted by atomic mass is 35.5. The van der Waals surface area contributed by atoms with Gasteiger partial charge in [-0.15, -0.1) is 0 Å². The lowest BCUT2D eigenvalue weighted by molar-refractivity contribution is -0.137. The molecule has 1 amide bonds. The number of rotatable bonds is 4. The molecule has 0 atom stereocenters. The Morgan fingerprint density at radius 3 is 2.15 bits per heavy atom. The summed E-state index contributed by atoms with van der Waals surface area (Å²) in [5.41, 5.74) is -0.960. The Labute approximate surface area is 206 Å². The Morgan fingerprint density at radius 2 is 1.56 bits per heavy atom. The summed E-state index contributed by atoms with van der Waals surface area (Å²) >= 11 is 12.2. The minimum atomic E-state index is -4.47. The van der Waals surface area contributed by atoms with E-state index in [2.05, 4.69) is 9.80 Å². The number of hydrogen-bond donors (Lipinski definition) is 1. The molecule has 0 bridgehead atoms. The molecule has 0 saturated carbocycles. The van der Waals surface area contributed by atoms with Crippen molar-refractivity contribution in [2.24, 2.45) is 0 Å². The summed E-state index contributed by atoms with van der Waals surface area (Å²) in [5, 5.41) is 12.1. The Balaban J connectivity index is 1.29. The standard InChI is InChI=1S/C24H26Cl2F3N3O2/c25-19-13-20(26)15-21(14-19)31-10-8-30(9-11-31)16-22(33)32-6-4-23(34,5-7-32)17-2-1-3-18(12-17)24(27,28)29/h1-3,12-15,34H,4-11,16H2. The van der Waals surface area contributed by atoms with Crippen molar-refractivity contribution in [2.45, 2.75) is 24.6 Å². The van der Waals surface area contributed by atoms with E-state index >= 15 is 0 Å². The number of carbonyl (C=O) groups is 1. The Hall–Kier alpha value is -2.00. The van der Waals surface area contributed by atoms with Crippen LogP contribution in [0.15, 0.2) is 42.5 Å². The lowest BCUT2D eigenvalue weighted by Crippen LogP contribution is -2.52. The van der Waals surface area contributed by atoms with E-state index < -0.39 is 17.3 Å². The molecule has 2 aromatic carbocycles. The quantitative estimate of drug-likeness (QED) is 0.644. The van der Waals surface area contributed by atoms with Gasteiger partial charge in [-0.1, -0.05) is 35.3 Å². The molecule has 0 radical (unpaired) electrons. The highest BCUT2D eigenvalue weighted by Crippen LogP contribution is 2.37. The van der Waals surface area contributed by atoms with Crippen LogP contribution in [0.3, 0.4) is 0 Å². The number of amides is 1. The number of piperidine rings is 1. The highest BCUT2D eigenvalue weighted by molar-refractivity contribution is 6.35. The number of likely N-dealkylation sites (tertiary alicyclic amines) is 1. The highest BCUT2D eigenvalue weighted by Gasteiger charge is 2.38. The zero-order valence-electron chi connectivity index (χ0n) is 18.5. The van der Waals surface area contributed by atoms with Gasteiger partial charge in [-0.25, -0.2) is 0 Å². The number of carbonyl (C=O) groups excluding carboxylic acids is 1. The maximum absolute atomic E-state index is 13.1. The van der Waals surface area contributed by atoms with E-state index in [4.69, 9.17) is 23.2 Å². The largest absolute Gasteiger partial charge is 0.416 e. The summed E-state index contributed by atoms with van der Waals surface area (Å²) in [7, 11) is 0. The molecule has 2 fully saturated rings. The van der Waals surface area contributed by atoms with Crippen molar-refractivity contribution in [1.29, 1.82) is 0 Å². The molecule has 4 rings (SSSR count). The molecular weight excluding hydrogens is 490 g/mol. The topological polar surface area (TPSA) is 47.0 Å². The molecule has 34 heavy (non-hydrogen) atoms. The molecule has 1 N–H and O–H groups in total. The van der Waals surface area contributed by atoms with Crippen molar-refractivity contribution in [3.05, 3.63) is 63.6 Å². The van der Waals surface area contributed by atoms with Gasteiger partial charge < -0.3 is 14.9 Å². The van der Waals surface area contributed by atoms with Gasteiger partial charge in [0.05, 0.1) is 17.7 Å². The molecule has 184 valence electrons. The van der Waals surface area contributed by atoms with Crippen molar-refractivity contribution in [3.8, 4) is 0 Å². The third kappa shape index (κ3) is 5.79. The van der Waals surface area contributed by atoms with Crippen LogP contribution < -0.4 is 4.90 Å². The van der Waals surface area contributed by atoms with Crippen LogP contribution in [0, 0.1) is 0 Å². The summed E-state index contributed by atoms with van der Waals surface area (Å²) in [5.74, 6) is -0.0367. The Morgan fingerprint density at radius 1 is 0.941 bits per heavy atom. The third-order valence-corrected chi connectivity index (χ3v) is 7.05. The fourth-order valence-corrected chi connectivity index (χ4v) is 5.09. The summed E-state index contributed by atoms with van der Waals surface area (Å²) < 4.78 is 39.2. The minimum Gasteiger partial charge on any atom is -0.385 e. The molecule has 0 unspecified atom stereocenters. The second-order valence-electron chi connectivity index (χ2n) is 8.88. The van der Waals surface area contributed by atoms with E-state index in [0.29, 0.717) is 36.2 Å². The summed E-state index contributed by atoms with van der Waals surface area (Å²) in [6, 6.07) is 10.2. The van der Waals surface area contributed by atoms with Crippen LogP contribution in [0.25, 0.3) is 0 Å². The van der Waals surface area contributed by atoms with E-state index in [1.165, 1.54) is 12.1 Å². The van der Waals surface area contributed by atoms with Crippen molar-refractivity contribution in [3.63, 3.8) is 0 Å². The van der Waals surface area contributed by atoms with Crippen LogP contribution in [0.1, 0.15) is 24.0 Å². The molecular formula is C24H26Cl2F3N3O2. The monoisotopic (exact) mass is 515 g/mol. The SMILES string of the molecule is O=C(CN1CCN(c2cc(Cl)cc(Cl)c2)CC1)N1CCC(O)(c2cccc(C(F)(F)F)c2)CC1. The van der Waals surface area contributed by atoms with Gasteiger partial charge in [0.2, 0.25) is 5.91 Å². The molecule has 0 aromatic heterocycles. The first kappa shape index (κ1) is 25.1. The van der Waals surface area contributed by atoms with Gasteiger partial charge in [-0.05, 0) is 48.7 Å². The zero-order chi connectivity index (χ0) is 24.5. The van der Waals surface area contributed by atoms with Crippen molar-refractivity contribution in [2.75, 3.05) is 50.7 Å². The summed E-state index contributed by atoms with van der Waals surface area (Å²) in [4.78, 5) is 18.8. The minimum absolute atomic E-state index is 0.0367. The van der Waals surface area contributed by atoms with Crippen LogP contribution in [0.4, 0.5) is 18.9 Å². The van der Waals surface area contributed by atoms with Gasteiger partial charge in [0.15, 0.2) is 0 Å². The molecule has 0 aliphatic carbocycles. The average molecular weight is 516 g/mol. The molecule has 2 aliphatic heterocycles. The van der Waals surface area contributed by atoms with Gasteiger partial charge >= 0.3 is 6.18 Å². The van der Waals surface area contributed by atoms with Gasteiger partial charge in [-0.3, -0.25) is 9.69 Å². The maximum atomic E-state index is 13.1. The number of nitrogens with zero attached hydrogens (tertiary/aromatic N) is 3. The van der Waals surface area contributed by atoms with E-state index in [0.717, 1.165) is 30.9 Å². The second kappa shape index (κ2) is 9.93. The molecule has 5 nitrogen and oxygen atoms in total. The number of piperazine rings is 1. The Kier molecular flexibility index (Phi) is 7.33. The fraction of sp³-hybridized carbons (Fsp3) is 0.458. The molecule has 2 saturated heterocycles. The van der Waals surface area contributed by atoms with Crippen LogP contribution in [-0.4, -0.2) is 66.6 Å². The number of benzene rings is 2. The van der Waals surface area contributed by atoms with Crippen LogP contribution in [-0.2, 0) is 16.6 Å². The number of anilines is 1. The van der Waals surface area contributed by atoms with E-state index in [9.17, 15) is 23.1 Å². The number of halogens is 5. The van der Waals surface area contributed by atoms with Gasteiger partial charge in [0.25, 0.3) is 0 Å². The van der Waals surface area contributed by atoms with Crippen molar-refractivity contribution >= 4 is 34.8 Å². The first-order chi connectivity index (χ1) is 16.0. The van der Waals surface area contributed by atoms with Crippen molar-refractivity contribution < 1.29 is 23.1 Å². The van der Waals surface area contributed by atoms with Gasteiger partial charge in [-0.2, -0.15) is 13.2 Å². The molecule has 2 aliphatic rings.